The Bertz CT molecular complexity index is 951. The number of rotatable bonds is 7. The molecular weight excluding hydrogens is 396 g/mol. The molecule has 2 heterocycles. The summed E-state index contributed by atoms with van der Waals surface area (Å²) in [5, 5.41) is 5.59. The van der Waals surface area contributed by atoms with E-state index >= 15 is 0 Å². The topological polar surface area (TPSA) is 60.1 Å². The van der Waals surface area contributed by atoms with Crippen molar-refractivity contribution in [2.75, 3.05) is 45.2 Å². The van der Waals surface area contributed by atoms with Gasteiger partial charge < -0.3 is 14.5 Å². The van der Waals surface area contributed by atoms with E-state index in [1.165, 1.54) is 21.8 Å². The maximum atomic E-state index is 12.5. The number of hydrogen-bond acceptors (Lipinski definition) is 4. The largest absolute Gasteiger partial charge is 0.497 e. The van der Waals surface area contributed by atoms with E-state index in [0.29, 0.717) is 11.7 Å². The molecule has 1 fully saturated rings. The van der Waals surface area contributed by atoms with Gasteiger partial charge in [-0.2, -0.15) is 0 Å². The average molecular weight is 425 g/mol. The first-order valence-corrected chi connectivity index (χ1v) is 11.2. The highest BCUT2D eigenvalue weighted by molar-refractivity contribution is 7.14. The first-order chi connectivity index (χ1) is 14.7. The molecule has 7 heteroatoms. The predicted octanol–water partition coefficient (Wildman–Crippen LogP) is 0.741. The number of nitrogens with zero attached hydrogens (tertiary/aromatic N) is 1. The molecule has 1 aromatic heterocycles. The number of piperazine rings is 1. The second-order valence-corrected chi connectivity index (χ2v) is 8.51. The molecule has 3 aromatic rings. The summed E-state index contributed by atoms with van der Waals surface area (Å²) in [6.45, 7) is 5.78. The fourth-order valence-electron chi connectivity index (χ4n) is 3.81. The average Bonchev–Trinajstić information content (AvgIpc) is 3.24. The van der Waals surface area contributed by atoms with Crippen molar-refractivity contribution in [1.82, 2.24) is 4.98 Å². The summed E-state index contributed by atoms with van der Waals surface area (Å²) >= 11 is 1.46. The van der Waals surface area contributed by atoms with E-state index in [1.807, 2.05) is 29.6 Å². The van der Waals surface area contributed by atoms with Crippen LogP contribution in [0.1, 0.15) is 5.56 Å². The van der Waals surface area contributed by atoms with Gasteiger partial charge in [0.1, 0.15) is 38.5 Å². The van der Waals surface area contributed by atoms with Crippen molar-refractivity contribution < 1.29 is 19.3 Å². The lowest BCUT2D eigenvalue weighted by molar-refractivity contribution is -1.02. The molecule has 0 atom stereocenters. The molecule has 1 aliphatic heterocycles. The van der Waals surface area contributed by atoms with Gasteiger partial charge in [-0.1, -0.05) is 30.3 Å². The first-order valence-electron chi connectivity index (χ1n) is 10.3. The lowest BCUT2D eigenvalue weighted by atomic mass is 10.2. The Morgan fingerprint density at radius 3 is 2.43 bits per heavy atom. The molecule has 3 N–H and O–H groups in total. The third kappa shape index (κ3) is 5.44. The Morgan fingerprint density at radius 1 is 1.03 bits per heavy atom. The standard InChI is InChI=1S/C23H26N4O2S/c1-29-20-9-7-19(8-10-20)21-17-30-23(24-21)25-22(28)16-27-13-11-26(12-14-27)15-18-5-3-2-4-6-18/h2-10,17H,11-16H2,1H3,(H,24,25,28)/p+2. The van der Waals surface area contributed by atoms with Crippen LogP contribution in [0, 0.1) is 0 Å². The van der Waals surface area contributed by atoms with Gasteiger partial charge >= 0.3 is 0 Å². The third-order valence-corrected chi connectivity index (χ3v) is 6.27. The summed E-state index contributed by atoms with van der Waals surface area (Å²) in [5.41, 5.74) is 3.25. The summed E-state index contributed by atoms with van der Waals surface area (Å²) in [6, 6.07) is 18.4. The molecule has 1 saturated heterocycles. The second kappa shape index (κ2) is 9.84. The van der Waals surface area contributed by atoms with Crippen molar-refractivity contribution in [1.29, 1.82) is 0 Å². The fourth-order valence-corrected chi connectivity index (χ4v) is 4.55. The molecule has 1 amide bonds. The van der Waals surface area contributed by atoms with Crippen LogP contribution in [0.25, 0.3) is 11.3 Å². The Kier molecular flexibility index (Phi) is 6.74. The van der Waals surface area contributed by atoms with Gasteiger partial charge in [0.05, 0.1) is 12.8 Å². The number of anilines is 1. The van der Waals surface area contributed by atoms with Crippen LogP contribution in [0.15, 0.2) is 60.0 Å². The van der Waals surface area contributed by atoms with Crippen LogP contribution >= 0.6 is 11.3 Å². The van der Waals surface area contributed by atoms with Crippen LogP contribution in [-0.4, -0.2) is 50.7 Å². The van der Waals surface area contributed by atoms with E-state index in [0.717, 1.165) is 49.7 Å². The molecule has 6 nitrogen and oxygen atoms in total. The second-order valence-electron chi connectivity index (χ2n) is 7.65. The Balaban J connectivity index is 1.24. The number of methoxy groups -OCH3 is 1. The summed E-state index contributed by atoms with van der Waals surface area (Å²) in [4.78, 5) is 20.0. The highest BCUT2D eigenvalue weighted by Crippen LogP contribution is 2.26. The summed E-state index contributed by atoms with van der Waals surface area (Å²) < 4.78 is 5.19. The molecule has 4 rings (SSSR count). The summed E-state index contributed by atoms with van der Waals surface area (Å²) in [6.07, 6.45) is 0. The Morgan fingerprint density at radius 2 is 1.73 bits per heavy atom. The number of nitrogens with one attached hydrogen (secondary N) is 3. The smallest absolute Gasteiger partial charge is 0.281 e. The molecule has 1 aliphatic rings. The first kappa shape index (κ1) is 20.5. The van der Waals surface area contributed by atoms with Crippen LogP contribution in [0.3, 0.4) is 0 Å². The van der Waals surface area contributed by atoms with E-state index in [4.69, 9.17) is 4.74 Å². The van der Waals surface area contributed by atoms with Crippen molar-refractivity contribution in [3.63, 3.8) is 0 Å². The van der Waals surface area contributed by atoms with Crippen molar-refractivity contribution in [2.45, 2.75) is 6.54 Å². The summed E-state index contributed by atoms with van der Waals surface area (Å²) in [7, 11) is 1.65. The predicted molar refractivity (Wildman–Crippen MR) is 119 cm³/mol. The van der Waals surface area contributed by atoms with Crippen LogP contribution in [0.5, 0.6) is 5.75 Å². The fraction of sp³-hybridized carbons (Fsp3) is 0.304. The minimum Gasteiger partial charge on any atom is -0.497 e. The van der Waals surface area contributed by atoms with E-state index in [1.54, 1.807) is 12.0 Å². The van der Waals surface area contributed by atoms with E-state index in [-0.39, 0.29) is 5.91 Å². The van der Waals surface area contributed by atoms with Crippen LogP contribution < -0.4 is 19.9 Å². The van der Waals surface area contributed by atoms with Crippen molar-refractivity contribution in [3.05, 3.63) is 65.5 Å². The molecular formula is C23H28N4O2S+2. The van der Waals surface area contributed by atoms with Crippen molar-refractivity contribution >= 4 is 22.4 Å². The number of carbonyl (C=O) groups is 1. The molecule has 30 heavy (non-hydrogen) atoms. The van der Waals surface area contributed by atoms with Gasteiger partial charge in [-0.25, -0.2) is 4.98 Å². The molecule has 0 spiro atoms. The Hall–Kier alpha value is -2.74. The number of ether oxygens (including phenoxy) is 1. The number of amides is 1. The molecule has 156 valence electrons. The summed E-state index contributed by atoms with van der Waals surface area (Å²) in [5.74, 6) is 0.850. The van der Waals surface area contributed by atoms with E-state index in [9.17, 15) is 4.79 Å². The molecule has 0 unspecified atom stereocenters. The van der Waals surface area contributed by atoms with Gasteiger partial charge in [0.2, 0.25) is 0 Å². The third-order valence-electron chi connectivity index (χ3n) is 5.51. The normalized spacial score (nSPS) is 18.7. The van der Waals surface area contributed by atoms with Gasteiger partial charge in [-0.3, -0.25) is 10.1 Å². The number of hydrogen-bond donors (Lipinski definition) is 3. The van der Waals surface area contributed by atoms with Crippen LogP contribution in [-0.2, 0) is 11.3 Å². The van der Waals surface area contributed by atoms with Crippen LogP contribution in [0.4, 0.5) is 5.13 Å². The minimum atomic E-state index is 0.0344. The molecule has 0 radical (unpaired) electrons. The lowest BCUT2D eigenvalue weighted by Crippen LogP contribution is -3.28. The van der Waals surface area contributed by atoms with Gasteiger partial charge in [0.25, 0.3) is 5.91 Å². The number of quaternary nitrogens is 2. The monoisotopic (exact) mass is 424 g/mol. The molecule has 0 aliphatic carbocycles. The highest BCUT2D eigenvalue weighted by Gasteiger charge is 2.25. The maximum Gasteiger partial charge on any atom is 0.281 e. The van der Waals surface area contributed by atoms with Gasteiger partial charge in [-0.05, 0) is 24.3 Å². The Labute approximate surface area is 181 Å². The van der Waals surface area contributed by atoms with Gasteiger partial charge in [-0.15, -0.1) is 11.3 Å². The number of benzene rings is 2. The van der Waals surface area contributed by atoms with Crippen molar-refractivity contribution in [2.24, 2.45) is 0 Å². The van der Waals surface area contributed by atoms with E-state index < -0.39 is 0 Å². The zero-order valence-electron chi connectivity index (χ0n) is 17.2. The zero-order valence-corrected chi connectivity index (χ0v) is 18.0. The quantitative estimate of drug-likeness (QED) is 0.524. The van der Waals surface area contributed by atoms with Crippen molar-refractivity contribution in [3.8, 4) is 17.0 Å². The molecule has 0 saturated carbocycles. The zero-order chi connectivity index (χ0) is 20.8. The number of carbonyl (C=O) groups excluding carboxylic acids is 1. The lowest BCUT2D eigenvalue weighted by Gasteiger charge is -2.29. The SMILES string of the molecule is COc1ccc(-c2csc(NC(=O)C[NH+]3CC[NH+](Cc4ccccc4)CC3)n2)cc1. The van der Waals surface area contributed by atoms with Gasteiger partial charge in [0, 0.05) is 16.5 Å². The molecule has 0 bridgehead atoms. The maximum absolute atomic E-state index is 12.5. The van der Waals surface area contributed by atoms with Crippen LogP contribution in [0.2, 0.25) is 0 Å². The number of aromatic nitrogens is 1. The van der Waals surface area contributed by atoms with Gasteiger partial charge in [0.15, 0.2) is 11.7 Å². The molecule has 2 aromatic carbocycles. The highest BCUT2D eigenvalue weighted by atomic mass is 32.1. The number of thiazole rings is 1. The minimum absolute atomic E-state index is 0.0344. The van der Waals surface area contributed by atoms with E-state index in [2.05, 4.69) is 40.6 Å².